The fourth-order valence-corrected chi connectivity index (χ4v) is 2.67. The van der Waals surface area contributed by atoms with Gasteiger partial charge in [-0.05, 0) is 12.8 Å². The summed E-state index contributed by atoms with van der Waals surface area (Å²) in [5, 5.41) is 0. The molecule has 7 nitrogen and oxygen atoms in total. The molecular formula is C15H24N4O3. The minimum atomic E-state index is -0.412. The monoisotopic (exact) mass is 308 g/mol. The predicted octanol–water partition coefficient (Wildman–Crippen LogP) is 0.188. The highest BCUT2D eigenvalue weighted by molar-refractivity contribution is 5.81. The largest absolute Gasteiger partial charge is 0.372 e. The number of amides is 1. The van der Waals surface area contributed by atoms with Gasteiger partial charge in [-0.3, -0.25) is 14.6 Å². The van der Waals surface area contributed by atoms with E-state index < -0.39 is 6.10 Å². The number of fused-ring (bicyclic) bond motifs is 1. The zero-order valence-corrected chi connectivity index (χ0v) is 13.7. The summed E-state index contributed by atoms with van der Waals surface area (Å²) in [5.74, 6) is 0.536. The second-order valence-electron chi connectivity index (χ2n) is 5.67. The van der Waals surface area contributed by atoms with Crippen molar-refractivity contribution in [2.45, 2.75) is 32.3 Å². The second-order valence-corrected chi connectivity index (χ2v) is 5.67. The molecule has 1 aliphatic heterocycles. The molecule has 0 fully saturated rings. The minimum Gasteiger partial charge on any atom is -0.372 e. The highest BCUT2D eigenvalue weighted by atomic mass is 16.5. The van der Waals surface area contributed by atoms with Crippen LogP contribution in [0.15, 0.2) is 4.79 Å². The Labute approximate surface area is 130 Å². The number of aromatic amines is 1. The maximum absolute atomic E-state index is 12.4. The highest BCUT2D eigenvalue weighted by Gasteiger charge is 2.26. The molecule has 1 N–H and O–H groups in total. The lowest BCUT2D eigenvalue weighted by Gasteiger charge is -2.24. The summed E-state index contributed by atoms with van der Waals surface area (Å²) < 4.78 is 5.23. The molecule has 2 rings (SSSR count). The molecule has 1 aliphatic rings. The highest BCUT2D eigenvalue weighted by Crippen LogP contribution is 2.14. The molecule has 0 saturated heterocycles. The van der Waals surface area contributed by atoms with Gasteiger partial charge in [0.05, 0.1) is 5.69 Å². The van der Waals surface area contributed by atoms with Crippen LogP contribution in [0, 0.1) is 0 Å². The Morgan fingerprint density at radius 2 is 2.09 bits per heavy atom. The van der Waals surface area contributed by atoms with Gasteiger partial charge < -0.3 is 14.5 Å². The van der Waals surface area contributed by atoms with E-state index in [1.54, 1.807) is 16.9 Å². The van der Waals surface area contributed by atoms with Gasteiger partial charge >= 0.3 is 0 Å². The van der Waals surface area contributed by atoms with E-state index >= 15 is 0 Å². The lowest BCUT2D eigenvalue weighted by molar-refractivity contribution is -0.142. The molecule has 0 spiro atoms. The molecule has 1 atom stereocenters. The molecule has 0 aliphatic carbocycles. The normalized spacial score (nSPS) is 15.9. The van der Waals surface area contributed by atoms with Gasteiger partial charge in [-0.15, -0.1) is 0 Å². The maximum atomic E-state index is 12.4. The summed E-state index contributed by atoms with van der Waals surface area (Å²) in [5.41, 5.74) is 1.36. The summed E-state index contributed by atoms with van der Waals surface area (Å²) in [6.45, 7) is 3.01. The SMILES string of the molecule is CC[C@H](OC)C(=O)N1CCc2nc(N(C)C)[nH]c(=O)c2CC1. The van der Waals surface area contributed by atoms with Crippen LogP contribution in [-0.2, 0) is 22.4 Å². The number of nitrogens with one attached hydrogen (secondary N) is 1. The van der Waals surface area contributed by atoms with E-state index in [4.69, 9.17) is 4.74 Å². The van der Waals surface area contributed by atoms with Gasteiger partial charge in [0.1, 0.15) is 6.10 Å². The standard InChI is InChI=1S/C15H24N4O3/c1-5-12(22-4)14(21)19-8-6-10-11(7-9-19)16-15(18(2)3)17-13(10)20/h12H,5-9H2,1-4H3,(H,16,17,20)/t12-/m0/s1. The lowest BCUT2D eigenvalue weighted by Crippen LogP contribution is -2.41. The number of hydrogen-bond donors (Lipinski definition) is 1. The number of anilines is 1. The summed E-state index contributed by atoms with van der Waals surface area (Å²) in [4.78, 5) is 35.5. The molecular weight excluding hydrogens is 284 g/mol. The molecule has 1 amide bonds. The van der Waals surface area contributed by atoms with Gasteiger partial charge in [-0.25, -0.2) is 4.98 Å². The number of nitrogens with zero attached hydrogens (tertiary/aromatic N) is 3. The van der Waals surface area contributed by atoms with Crippen molar-refractivity contribution in [3.8, 4) is 0 Å². The Bertz CT molecular complexity index is 593. The zero-order chi connectivity index (χ0) is 16.3. The van der Waals surface area contributed by atoms with Gasteiger partial charge in [0.15, 0.2) is 0 Å². The van der Waals surface area contributed by atoms with Gasteiger partial charge in [0, 0.05) is 46.3 Å². The number of carbonyl (C=O) groups excluding carboxylic acids is 1. The van der Waals surface area contributed by atoms with Crippen molar-refractivity contribution in [1.82, 2.24) is 14.9 Å². The van der Waals surface area contributed by atoms with Crippen LogP contribution in [0.1, 0.15) is 24.6 Å². The van der Waals surface area contributed by atoms with E-state index in [-0.39, 0.29) is 11.5 Å². The van der Waals surface area contributed by atoms with Crippen molar-refractivity contribution >= 4 is 11.9 Å². The van der Waals surface area contributed by atoms with E-state index in [9.17, 15) is 9.59 Å². The Hall–Kier alpha value is -1.89. The van der Waals surface area contributed by atoms with Crippen LogP contribution in [0.25, 0.3) is 0 Å². The van der Waals surface area contributed by atoms with Crippen LogP contribution in [-0.4, -0.2) is 61.2 Å². The van der Waals surface area contributed by atoms with Crippen molar-refractivity contribution in [3.05, 3.63) is 21.6 Å². The Kier molecular flexibility index (Phi) is 5.18. The predicted molar refractivity (Wildman–Crippen MR) is 84.3 cm³/mol. The number of H-pyrrole nitrogens is 1. The Morgan fingerprint density at radius 1 is 1.41 bits per heavy atom. The van der Waals surface area contributed by atoms with Gasteiger partial charge in [-0.1, -0.05) is 6.92 Å². The first-order chi connectivity index (χ1) is 10.5. The molecule has 0 saturated carbocycles. The molecule has 0 radical (unpaired) electrons. The van der Waals surface area contributed by atoms with E-state index in [1.807, 2.05) is 21.0 Å². The van der Waals surface area contributed by atoms with E-state index in [0.717, 1.165) is 5.69 Å². The van der Waals surface area contributed by atoms with Crippen LogP contribution >= 0.6 is 0 Å². The van der Waals surface area contributed by atoms with Crippen LogP contribution < -0.4 is 10.5 Å². The third kappa shape index (κ3) is 3.30. The number of methoxy groups -OCH3 is 1. The molecule has 0 bridgehead atoms. The Balaban J connectivity index is 2.21. The third-order valence-electron chi connectivity index (χ3n) is 4.00. The average molecular weight is 308 g/mol. The fraction of sp³-hybridized carbons (Fsp3) is 0.667. The van der Waals surface area contributed by atoms with Crippen LogP contribution in [0.3, 0.4) is 0 Å². The number of hydrogen-bond acceptors (Lipinski definition) is 5. The molecule has 2 heterocycles. The minimum absolute atomic E-state index is 0.0120. The second kappa shape index (κ2) is 6.91. The topological polar surface area (TPSA) is 78.5 Å². The van der Waals surface area contributed by atoms with E-state index in [0.29, 0.717) is 43.9 Å². The average Bonchev–Trinajstić information content (AvgIpc) is 2.71. The van der Waals surface area contributed by atoms with Crippen molar-refractivity contribution in [2.75, 3.05) is 39.2 Å². The maximum Gasteiger partial charge on any atom is 0.255 e. The van der Waals surface area contributed by atoms with Crippen molar-refractivity contribution in [3.63, 3.8) is 0 Å². The van der Waals surface area contributed by atoms with Gasteiger partial charge in [0.2, 0.25) is 5.95 Å². The number of carbonyl (C=O) groups is 1. The summed E-state index contributed by atoms with van der Waals surface area (Å²) in [6, 6.07) is 0. The van der Waals surface area contributed by atoms with Crippen LogP contribution in [0.5, 0.6) is 0 Å². The molecule has 1 aromatic rings. The summed E-state index contributed by atoms with van der Waals surface area (Å²) in [6.07, 6.45) is 1.34. The lowest BCUT2D eigenvalue weighted by atomic mass is 10.1. The smallest absolute Gasteiger partial charge is 0.255 e. The first-order valence-electron chi connectivity index (χ1n) is 7.58. The van der Waals surface area contributed by atoms with Crippen LogP contribution in [0.4, 0.5) is 5.95 Å². The molecule has 0 aromatic carbocycles. The molecule has 22 heavy (non-hydrogen) atoms. The molecule has 122 valence electrons. The number of ether oxygens (including phenoxy) is 1. The Morgan fingerprint density at radius 3 is 2.68 bits per heavy atom. The van der Waals surface area contributed by atoms with Crippen molar-refractivity contribution in [1.29, 1.82) is 0 Å². The first kappa shape index (κ1) is 16.5. The third-order valence-corrected chi connectivity index (χ3v) is 4.00. The molecule has 0 unspecified atom stereocenters. The fourth-order valence-electron chi connectivity index (χ4n) is 2.67. The van der Waals surface area contributed by atoms with Gasteiger partial charge in [0.25, 0.3) is 11.5 Å². The van der Waals surface area contributed by atoms with Crippen molar-refractivity contribution < 1.29 is 9.53 Å². The van der Waals surface area contributed by atoms with E-state index in [2.05, 4.69) is 9.97 Å². The van der Waals surface area contributed by atoms with Crippen LogP contribution in [0.2, 0.25) is 0 Å². The number of aromatic nitrogens is 2. The van der Waals surface area contributed by atoms with Gasteiger partial charge in [-0.2, -0.15) is 0 Å². The van der Waals surface area contributed by atoms with Crippen molar-refractivity contribution in [2.24, 2.45) is 0 Å². The molecule has 1 aromatic heterocycles. The zero-order valence-electron chi connectivity index (χ0n) is 13.7. The summed E-state index contributed by atoms with van der Waals surface area (Å²) >= 11 is 0. The first-order valence-corrected chi connectivity index (χ1v) is 7.58. The quantitative estimate of drug-likeness (QED) is 0.859. The summed E-state index contributed by atoms with van der Waals surface area (Å²) in [7, 11) is 5.22. The molecule has 7 heteroatoms. The number of rotatable bonds is 4. The van der Waals surface area contributed by atoms with E-state index in [1.165, 1.54) is 0 Å².